The van der Waals surface area contributed by atoms with Crippen molar-refractivity contribution in [3.63, 3.8) is 0 Å². The van der Waals surface area contributed by atoms with E-state index in [1.165, 1.54) is 0 Å². The standard InChI is InChI=1S/C15H19NO3/c1-4-5-6-13(17)16-14(15(18)19)12-8-7-10(2)11(3)9-12/h4,7-9,14H,1,5-6H2,2-3H3,(H,16,17)(H,18,19). The predicted molar refractivity (Wildman–Crippen MR) is 73.9 cm³/mol. The van der Waals surface area contributed by atoms with Crippen LogP contribution in [0.1, 0.15) is 35.6 Å². The topological polar surface area (TPSA) is 66.4 Å². The largest absolute Gasteiger partial charge is 0.479 e. The molecule has 0 heterocycles. The fraction of sp³-hybridized carbons (Fsp3) is 0.333. The van der Waals surface area contributed by atoms with Crippen LogP contribution in [0.3, 0.4) is 0 Å². The molecule has 4 nitrogen and oxygen atoms in total. The first-order valence-electron chi connectivity index (χ1n) is 6.16. The van der Waals surface area contributed by atoms with Gasteiger partial charge in [-0.25, -0.2) is 4.79 Å². The first-order valence-corrected chi connectivity index (χ1v) is 6.16. The summed E-state index contributed by atoms with van der Waals surface area (Å²) in [6.07, 6.45) is 2.41. The molecule has 0 aliphatic heterocycles. The molecule has 0 aliphatic rings. The van der Waals surface area contributed by atoms with Crippen LogP contribution in [0, 0.1) is 13.8 Å². The second-order valence-electron chi connectivity index (χ2n) is 4.51. The molecule has 0 spiro atoms. The van der Waals surface area contributed by atoms with E-state index in [-0.39, 0.29) is 12.3 Å². The van der Waals surface area contributed by atoms with Gasteiger partial charge in [-0.15, -0.1) is 6.58 Å². The normalized spacial score (nSPS) is 11.7. The van der Waals surface area contributed by atoms with Gasteiger partial charge in [0.2, 0.25) is 5.91 Å². The van der Waals surface area contributed by atoms with Crippen molar-refractivity contribution >= 4 is 11.9 Å². The zero-order valence-electron chi connectivity index (χ0n) is 11.3. The minimum atomic E-state index is -1.06. The van der Waals surface area contributed by atoms with Crippen molar-refractivity contribution in [3.05, 3.63) is 47.5 Å². The number of carbonyl (C=O) groups excluding carboxylic acids is 1. The number of carboxylic acids is 1. The Labute approximate surface area is 113 Å². The lowest BCUT2D eigenvalue weighted by molar-refractivity contribution is -0.142. The first-order chi connectivity index (χ1) is 8.95. The van der Waals surface area contributed by atoms with Crippen LogP contribution in [0.5, 0.6) is 0 Å². The molecular weight excluding hydrogens is 242 g/mol. The van der Waals surface area contributed by atoms with E-state index in [1.54, 1.807) is 18.2 Å². The number of hydrogen-bond acceptors (Lipinski definition) is 2. The third-order valence-electron chi connectivity index (χ3n) is 2.99. The lowest BCUT2D eigenvalue weighted by atomic mass is 10.0. The molecule has 1 unspecified atom stereocenters. The molecule has 102 valence electrons. The molecule has 0 aliphatic carbocycles. The van der Waals surface area contributed by atoms with E-state index in [9.17, 15) is 14.7 Å². The van der Waals surface area contributed by atoms with Crippen molar-refractivity contribution in [2.45, 2.75) is 32.7 Å². The number of carboxylic acid groups (broad SMARTS) is 1. The van der Waals surface area contributed by atoms with E-state index in [1.807, 2.05) is 19.9 Å². The van der Waals surface area contributed by atoms with Crippen LogP contribution >= 0.6 is 0 Å². The van der Waals surface area contributed by atoms with Crippen molar-refractivity contribution in [2.75, 3.05) is 0 Å². The summed E-state index contributed by atoms with van der Waals surface area (Å²) in [4.78, 5) is 22.9. The van der Waals surface area contributed by atoms with Gasteiger partial charge in [0.25, 0.3) is 0 Å². The van der Waals surface area contributed by atoms with Crippen molar-refractivity contribution in [3.8, 4) is 0 Å². The molecule has 1 rings (SSSR count). The Morgan fingerprint density at radius 3 is 2.58 bits per heavy atom. The number of benzene rings is 1. The minimum absolute atomic E-state index is 0.248. The molecule has 2 N–H and O–H groups in total. The van der Waals surface area contributed by atoms with Crippen molar-refractivity contribution in [1.82, 2.24) is 5.32 Å². The van der Waals surface area contributed by atoms with Gasteiger partial charge in [-0.1, -0.05) is 24.3 Å². The number of aliphatic carboxylic acids is 1. The summed E-state index contributed by atoms with van der Waals surface area (Å²) in [7, 11) is 0. The number of nitrogens with one attached hydrogen (secondary N) is 1. The third-order valence-corrected chi connectivity index (χ3v) is 2.99. The number of aryl methyl sites for hydroxylation is 2. The van der Waals surface area contributed by atoms with Gasteiger partial charge in [-0.3, -0.25) is 4.79 Å². The zero-order chi connectivity index (χ0) is 14.4. The molecule has 1 atom stereocenters. The maximum absolute atomic E-state index is 11.6. The molecule has 19 heavy (non-hydrogen) atoms. The molecule has 0 aromatic heterocycles. The van der Waals surface area contributed by atoms with E-state index >= 15 is 0 Å². The first kappa shape index (κ1) is 15.0. The Balaban J connectivity index is 2.88. The van der Waals surface area contributed by atoms with Gasteiger partial charge in [0, 0.05) is 6.42 Å². The van der Waals surface area contributed by atoms with Gasteiger partial charge >= 0.3 is 5.97 Å². The highest BCUT2D eigenvalue weighted by Crippen LogP contribution is 2.17. The molecule has 0 saturated carbocycles. The molecule has 1 aromatic carbocycles. The molecular formula is C15H19NO3. The summed E-state index contributed by atoms with van der Waals surface area (Å²) in [5.74, 6) is -1.35. The lowest BCUT2D eigenvalue weighted by Gasteiger charge is -2.16. The fourth-order valence-electron chi connectivity index (χ4n) is 1.70. The SMILES string of the molecule is C=CCCC(=O)NC(C(=O)O)c1ccc(C)c(C)c1. The zero-order valence-corrected chi connectivity index (χ0v) is 11.3. The quantitative estimate of drug-likeness (QED) is 0.773. The van der Waals surface area contributed by atoms with E-state index in [4.69, 9.17) is 0 Å². The maximum atomic E-state index is 11.6. The average molecular weight is 261 g/mol. The Morgan fingerprint density at radius 1 is 1.37 bits per heavy atom. The number of amides is 1. The van der Waals surface area contributed by atoms with E-state index in [0.29, 0.717) is 12.0 Å². The van der Waals surface area contributed by atoms with Crippen molar-refractivity contribution in [1.29, 1.82) is 0 Å². The highest BCUT2D eigenvalue weighted by molar-refractivity contribution is 5.84. The van der Waals surface area contributed by atoms with Crippen LogP contribution in [0.4, 0.5) is 0 Å². The minimum Gasteiger partial charge on any atom is -0.479 e. The van der Waals surface area contributed by atoms with Crippen LogP contribution in [0.25, 0.3) is 0 Å². The molecule has 0 saturated heterocycles. The molecule has 0 radical (unpaired) electrons. The number of carbonyl (C=O) groups is 2. The maximum Gasteiger partial charge on any atom is 0.330 e. The van der Waals surface area contributed by atoms with Crippen molar-refractivity contribution < 1.29 is 14.7 Å². The van der Waals surface area contributed by atoms with Crippen LogP contribution in [-0.4, -0.2) is 17.0 Å². The molecule has 0 bridgehead atoms. The number of hydrogen-bond donors (Lipinski definition) is 2. The predicted octanol–water partition coefficient (Wildman–Crippen LogP) is 2.51. The summed E-state index contributed by atoms with van der Waals surface area (Å²) >= 11 is 0. The second kappa shape index (κ2) is 6.73. The smallest absolute Gasteiger partial charge is 0.330 e. The van der Waals surface area contributed by atoms with Gasteiger partial charge in [0.1, 0.15) is 0 Å². The summed E-state index contributed by atoms with van der Waals surface area (Å²) in [6.45, 7) is 7.40. The monoisotopic (exact) mass is 261 g/mol. The highest BCUT2D eigenvalue weighted by Gasteiger charge is 2.21. The van der Waals surface area contributed by atoms with Crippen LogP contribution in [0.15, 0.2) is 30.9 Å². The summed E-state index contributed by atoms with van der Waals surface area (Å²) < 4.78 is 0. The van der Waals surface area contributed by atoms with Crippen LogP contribution in [0.2, 0.25) is 0 Å². The summed E-state index contributed by atoms with van der Waals surface area (Å²) in [5.41, 5.74) is 2.68. The molecule has 1 aromatic rings. The Kier molecular flexibility index (Phi) is 5.30. The van der Waals surface area contributed by atoms with Gasteiger partial charge in [0.15, 0.2) is 6.04 Å². The van der Waals surface area contributed by atoms with E-state index in [0.717, 1.165) is 11.1 Å². The van der Waals surface area contributed by atoms with Gasteiger partial charge in [-0.2, -0.15) is 0 Å². The number of rotatable bonds is 6. The number of allylic oxidation sites excluding steroid dienone is 1. The molecule has 0 fully saturated rings. The van der Waals surface area contributed by atoms with Crippen LogP contribution in [-0.2, 0) is 9.59 Å². The van der Waals surface area contributed by atoms with Gasteiger partial charge < -0.3 is 10.4 Å². The van der Waals surface area contributed by atoms with Crippen molar-refractivity contribution in [2.24, 2.45) is 0 Å². The van der Waals surface area contributed by atoms with E-state index in [2.05, 4.69) is 11.9 Å². The van der Waals surface area contributed by atoms with Gasteiger partial charge in [0.05, 0.1) is 0 Å². The third kappa shape index (κ3) is 4.25. The molecule has 4 heteroatoms. The Bertz CT molecular complexity index is 494. The van der Waals surface area contributed by atoms with E-state index < -0.39 is 12.0 Å². The lowest BCUT2D eigenvalue weighted by Crippen LogP contribution is -2.33. The average Bonchev–Trinajstić information content (AvgIpc) is 2.36. The highest BCUT2D eigenvalue weighted by atomic mass is 16.4. The van der Waals surface area contributed by atoms with Crippen LogP contribution < -0.4 is 5.32 Å². The Hall–Kier alpha value is -2.10. The molecule has 1 amide bonds. The summed E-state index contributed by atoms with van der Waals surface area (Å²) in [5, 5.41) is 11.8. The Morgan fingerprint density at radius 2 is 2.05 bits per heavy atom. The second-order valence-corrected chi connectivity index (χ2v) is 4.51. The van der Waals surface area contributed by atoms with Gasteiger partial charge in [-0.05, 0) is 37.0 Å². The fourth-order valence-corrected chi connectivity index (χ4v) is 1.70. The summed E-state index contributed by atoms with van der Waals surface area (Å²) in [6, 6.07) is 4.38.